The van der Waals surface area contributed by atoms with E-state index >= 15 is 0 Å². The number of hydrogen-bond donors (Lipinski definition) is 2. The molecule has 0 spiro atoms. The van der Waals surface area contributed by atoms with E-state index < -0.39 is 0 Å². The molecule has 3 heterocycles. The van der Waals surface area contributed by atoms with E-state index in [-0.39, 0.29) is 5.63 Å². The second-order valence-electron chi connectivity index (χ2n) is 8.97. The maximum Gasteiger partial charge on any atom is 0.336 e. The Hall–Kier alpha value is -2.37. The van der Waals surface area contributed by atoms with Crippen molar-refractivity contribution in [3.63, 3.8) is 0 Å². The molecule has 4 rings (SSSR count). The van der Waals surface area contributed by atoms with Crippen molar-refractivity contribution in [2.45, 2.75) is 58.5 Å². The average molecular weight is 411 g/mol. The van der Waals surface area contributed by atoms with Crippen LogP contribution in [0.4, 0.5) is 0 Å². The van der Waals surface area contributed by atoms with Crippen LogP contribution in [0.2, 0.25) is 0 Å². The molecule has 1 aliphatic heterocycles. The Morgan fingerprint density at radius 3 is 2.63 bits per heavy atom. The molecule has 0 bridgehead atoms. The number of aryl methyl sites for hydroxylation is 1. The first kappa shape index (κ1) is 20.9. The second-order valence-corrected chi connectivity index (χ2v) is 8.97. The lowest BCUT2D eigenvalue weighted by molar-refractivity contribution is -0.951. The standard InChI is InChI=1S/C25H32N2O3/c1-17(2)20-14-21-19(13-25(28)30-24(21)12-18(20)3)15-26-16-22(23-8-7-11-29-23)27-9-5-4-6-10-27/h7-8,11-14,17,22,26H,4-6,9-10,15-16H2,1-3H3/p+2/t22-/m0/s1. The van der Waals surface area contributed by atoms with Crippen LogP contribution in [0, 0.1) is 6.92 Å². The molecule has 30 heavy (non-hydrogen) atoms. The molecule has 0 amide bonds. The molecule has 160 valence electrons. The lowest BCUT2D eigenvalue weighted by atomic mass is 9.95. The predicted molar refractivity (Wildman–Crippen MR) is 118 cm³/mol. The number of nitrogens with one attached hydrogen (secondary N) is 1. The summed E-state index contributed by atoms with van der Waals surface area (Å²) in [6.45, 7) is 10.6. The van der Waals surface area contributed by atoms with Gasteiger partial charge in [-0.25, -0.2) is 4.79 Å². The highest BCUT2D eigenvalue weighted by Gasteiger charge is 2.29. The summed E-state index contributed by atoms with van der Waals surface area (Å²) in [6, 6.07) is 10.3. The Bertz CT molecular complexity index is 1030. The zero-order chi connectivity index (χ0) is 21.1. The Labute approximate surface area is 178 Å². The number of nitrogens with two attached hydrogens (primary N) is 1. The number of furan rings is 1. The number of rotatable bonds is 7. The molecule has 0 saturated carbocycles. The smallest absolute Gasteiger partial charge is 0.336 e. The van der Waals surface area contributed by atoms with Crippen molar-refractivity contribution in [3.05, 3.63) is 69.5 Å². The van der Waals surface area contributed by atoms with Crippen LogP contribution in [0.5, 0.6) is 0 Å². The van der Waals surface area contributed by atoms with Crippen molar-refractivity contribution in [2.75, 3.05) is 19.6 Å². The summed E-state index contributed by atoms with van der Waals surface area (Å²) >= 11 is 0. The minimum Gasteiger partial charge on any atom is -0.463 e. The Kier molecular flexibility index (Phi) is 6.40. The van der Waals surface area contributed by atoms with E-state index in [1.54, 1.807) is 17.2 Å². The van der Waals surface area contributed by atoms with Crippen molar-refractivity contribution in [3.8, 4) is 0 Å². The summed E-state index contributed by atoms with van der Waals surface area (Å²) in [5, 5.41) is 3.37. The van der Waals surface area contributed by atoms with E-state index in [1.165, 1.54) is 43.5 Å². The summed E-state index contributed by atoms with van der Waals surface area (Å²) < 4.78 is 11.3. The van der Waals surface area contributed by atoms with Crippen molar-refractivity contribution < 1.29 is 19.1 Å². The van der Waals surface area contributed by atoms with Crippen molar-refractivity contribution in [1.29, 1.82) is 0 Å². The van der Waals surface area contributed by atoms with Gasteiger partial charge in [0.2, 0.25) is 0 Å². The average Bonchev–Trinajstić information content (AvgIpc) is 3.25. The quantitative estimate of drug-likeness (QED) is 0.589. The van der Waals surface area contributed by atoms with E-state index in [0.29, 0.717) is 17.5 Å². The highest BCUT2D eigenvalue weighted by molar-refractivity contribution is 5.82. The fourth-order valence-corrected chi connectivity index (χ4v) is 4.92. The van der Waals surface area contributed by atoms with E-state index in [4.69, 9.17) is 8.83 Å². The summed E-state index contributed by atoms with van der Waals surface area (Å²) in [7, 11) is 0. The molecule has 0 aliphatic carbocycles. The number of fused-ring (bicyclic) bond motifs is 1. The Morgan fingerprint density at radius 2 is 1.93 bits per heavy atom. The SMILES string of the molecule is Cc1cc2oc(=O)cc(C[NH2+]C[C@@H](c3ccco3)[NH+]3CCCCC3)c2cc1C(C)C. The monoisotopic (exact) mass is 410 g/mol. The molecule has 1 aromatic carbocycles. The summed E-state index contributed by atoms with van der Waals surface area (Å²) in [5.74, 6) is 1.50. The first-order valence-electron chi connectivity index (χ1n) is 11.3. The lowest BCUT2D eigenvalue weighted by Gasteiger charge is -2.29. The van der Waals surface area contributed by atoms with Gasteiger partial charge in [-0.2, -0.15) is 0 Å². The fourth-order valence-electron chi connectivity index (χ4n) is 4.92. The van der Waals surface area contributed by atoms with Crippen LogP contribution in [-0.4, -0.2) is 19.6 Å². The number of benzene rings is 1. The van der Waals surface area contributed by atoms with Gasteiger partial charge in [-0.05, 0) is 67.5 Å². The molecule has 1 fully saturated rings. The van der Waals surface area contributed by atoms with Crippen LogP contribution in [-0.2, 0) is 6.54 Å². The largest absolute Gasteiger partial charge is 0.463 e. The molecule has 1 saturated heterocycles. The molecule has 1 atom stereocenters. The molecule has 5 nitrogen and oxygen atoms in total. The van der Waals surface area contributed by atoms with Gasteiger partial charge in [0, 0.05) is 17.0 Å². The van der Waals surface area contributed by atoms with Crippen LogP contribution in [0.25, 0.3) is 11.0 Å². The van der Waals surface area contributed by atoms with E-state index in [0.717, 1.165) is 29.8 Å². The summed E-state index contributed by atoms with van der Waals surface area (Å²) in [6.07, 6.45) is 5.68. The third-order valence-corrected chi connectivity index (χ3v) is 6.48. The van der Waals surface area contributed by atoms with Crippen LogP contribution >= 0.6 is 0 Å². The number of likely N-dealkylation sites (tertiary alicyclic amines) is 1. The van der Waals surface area contributed by atoms with E-state index in [9.17, 15) is 4.79 Å². The highest BCUT2D eigenvalue weighted by Crippen LogP contribution is 2.26. The van der Waals surface area contributed by atoms with Gasteiger partial charge in [-0.1, -0.05) is 13.8 Å². The maximum absolute atomic E-state index is 12.2. The van der Waals surface area contributed by atoms with Gasteiger partial charge in [-0.3, -0.25) is 0 Å². The number of piperidine rings is 1. The fraction of sp³-hybridized carbons (Fsp3) is 0.480. The van der Waals surface area contributed by atoms with Gasteiger partial charge in [0.15, 0.2) is 11.8 Å². The van der Waals surface area contributed by atoms with Gasteiger partial charge in [0.1, 0.15) is 18.7 Å². The lowest BCUT2D eigenvalue weighted by Crippen LogP contribution is -3.15. The number of hydrogen-bond acceptors (Lipinski definition) is 3. The van der Waals surface area contributed by atoms with Crippen molar-refractivity contribution >= 4 is 11.0 Å². The highest BCUT2D eigenvalue weighted by atomic mass is 16.4. The minimum atomic E-state index is -0.271. The molecular weight excluding hydrogens is 376 g/mol. The van der Waals surface area contributed by atoms with Crippen LogP contribution in [0.15, 0.2) is 50.2 Å². The van der Waals surface area contributed by atoms with Gasteiger partial charge in [0.05, 0.1) is 19.4 Å². The molecule has 0 unspecified atom stereocenters. The van der Waals surface area contributed by atoms with Gasteiger partial charge in [0.25, 0.3) is 0 Å². The van der Waals surface area contributed by atoms with Gasteiger partial charge >= 0.3 is 5.63 Å². The first-order valence-corrected chi connectivity index (χ1v) is 11.3. The molecule has 3 N–H and O–H groups in total. The second kappa shape index (κ2) is 9.19. The maximum atomic E-state index is 12.2. The predicted octanol–water partition coefficient (Wildman–Crippen LogP) is 2.69. The third kappa shape index (κ3) is 4.52. The van der Waals surface area contributed by atoms with Gasteiger partial charge in [-0.15, -0.1) is 0 Å². The normalized spacial score (nSPS) is 16.4. The first-order chi connectivity index (χ1) is 14.5. The van der Waals surface area contributed by atoms with Crippen LogP contribution < -0.4 is 15.8 Å². The summed E-state index contributed by atoms with van der Waals surface area (Å²) in [4.78, 5) is 13.8. The number of quaternary nitrogens is 2. The Balaban J connectivity index is 1.56. The molecule has 3 aromatic rings. The van der Waals surface area contributed by atoms with Crippen molar-refractivity contribution in [2.24, 2.45) is 0 Å². The molecular formula is C25H34N2O3+2. The Morgan fingerprint density at radius 1 is 1.13 bits per heavy atom. The zero-order valence-electron chi connectivity index (χ0n) is 18.4. The van der Waals surface area contributed by atoms with E-state index in [1.807, 2.05) is 12.1 Å². The van der Waals surface area contributed by atoms with Crippen LogP contribution in [0.1, 0.15) is 67.5 Å². The molecule has 2 aromatic heterocycles. The third-order valence-electron chi connectivity index (χ3n) is 6.48. The zero-order valence-corrected chi connectivity index (χ0v) is 18.4. The molecule has 1 aliphatic rings. The topological polar surface area (TPSA) is 64.4 Å². The minimum absolute atomic E-state index is 0.271. The van der Waals surface area contributed by atoms with E-state index in [2.05, 4.69) is 38.2 Å². The molecule has 0 radical (unpaired) electrons. The van der Waals surface area contributed by atoms with Crippen molar-refractivity contribution in [1.82, 2.24) is 0 Å². The summed E-state index contributed by atoms with van der Waals surface area (Å²) in [5.41, 5.74) is 3.95. The molecule has 5 heteroatoms. The van der Waals surface area contributed by atoms with Gasteiger partial charge < -0.3 is 19.1 Å². The van der Waals surface area contributed by atoms with Crippen LogP contribution in [0.3, 0.4) is 0 Å².